The lowest BCUT2D eigenvalue weighted by Crippen LogP contribution is -2.43. The number of allylic oxidation sites excluding steroid dienone is 2. The van der Waals surface area contributed by atoms with Crippen molar-refractivity contribution in [1.29, 1.82) is 0 Å². The van der Waals surface area contributed by atoms with Crippen LogP contribution in [0.15, 0.2) is 71.2 Å². The van der Waals surface area contributed by atoms with Crippen LogP contribution < -0.4 is 5.32 Å². The zero-order chi connectivity index (χ0) is 20.8. The highest BCUT2D eigenvalue weighted by Crippen LogP contribution is 2.52. The molecule has 1 saturated heterocycles. The van der Waals surface area contributed by atoms with Gasteiger partial charge in [0.15, 0.2) is 0 Å². The second-order valence-electron chi connectivity index (χ2n) is 8.23. The number of benzene rings is 2. The van der Waals surface area contributed by atoms with Gasteiger partial charge in [0.1, 0.15) is 6.54 Å². The second kappa shape index (κ2) is 7.51. The lowest BCUT2D eigenvalue weighted by molar-refractivity contribution is -0.144. The van der Waals surface area contributed by atoms with E-state index >= 15 is 0 Å². The average molecular weight is 465 g/mol. The van der Waals surface area contributed by atoms with Gasteiger partial charge in [0.05, 0.1) is 17.9 Å². The van der Waals surface area contributed by atoms with E-state index in [9.17, 15) is 14.4 Å². The van der Waals surface area contributed by atoms with Gasteiger partial charge in [-0.1, -0.05) is 70.5 Å². The summed E-state index contributed by atoms with van der Waals surface area (Å²) in [5.41, 5.74) is 1.86. The third-order valence-electron chi connectivity index (χ3n) is 6.50. The van der Waals surface area contributed by atoms with E-state index in [1.54, 1.807) is 0 Å². The Kier molecular flexibility index (Phi) is 4.82. The molecule has 1 heterocycles. The number of likely N-dealkylation sites (tertiary alicyclic amines) is 1. The number of hydrogen-bond donors (Lipinski definition) is 1. The number of carbonyl (C=O) groups excluding carboxylic acids is 3. The zero-order valence-corrected chi connectivity index (χ0v) is 17.8. The summed E-state index contributed by atoms with van der Waals surface area (Å²) in [4.78, 5) is 39.8. The predicted octanol–water partition coefficient (Wildman–Crippen LogP) is 3.46. The molecule has 5 unspecified atom stereocenters. The quantitative estimate of drug-likeness (QED) is 0.544. The van der Waals surface area contributed by atoms with Crippen molar-refractivity contribution in [2.45, 2.75) is 12.5 Å². The highest BCUT2D eigenvalue weighted by Gasteiger charge is 2.59. The Bertz CT molecular complexity index is 1000. The number of fused-ring (bicyclic) bond motifs is 5. The van der Waals surface area contributed by atoms with Crippen LogP contribution in [0.5, 0.6) is 0 Å². The lowest BCUT2D eigenvalue weighted by atomic mass is 9.85. The van der Waals surface area contributed by atoms with Gasteiger partial charge in [-0.3, -0.25) is 19.3 Å². The van der Waals surface area contributed by atoms with Crippen molar-refractivity contribution in [2.75, 3.05) is 6.54 Å². The number of rotatable bonds is 5. The Labute approximate surface area is 183 Å². The minimum absolute atomic E-state index is 0.143. The van der Waals surface area contributed by atoms with Crippen LogP contribution in [0.25, 0.3) is 0 Å². The third-order valence-corrected chi connectivity index (χ3v) is 7.03. The van der Waals surface area contributed by atoms with Crippen LogP contribution in [0.1, 0.15) is 23.6 Å². The highest BCUT2D eigenvalue weighted by atomic mass is 79.9. The predicted molar refractivity (Wildman–Crippen MR) is 115 cm³/mol. The zero-order valence-electron chi connectivity index (χ0n) is 16.2. The van der Waals surface area contributed by atoms with Crippen LogP contribution in [-0.4, -0.2) is 29.2 Å². The van der Waals surface area contributed by atoms with Crippen LogP contribution in [0.3, 0.4) is 0 Å². The largest absolute Gasteiger partial charge is 0.344 e. The maximum Gasteiger partial charge on any atom is 0.240 e. The van der Waals surface area contributed by atoms with E-state index in [4.69, 9.17) is 0 Å². The number of nitrogens with zero attached hydrogens (tertiary/aromatic N) is 1. The molecular weight excluding hydrogens is 444 g/mol. The molecule has 0 aromatic heterocycles. The number of hydrogen-bond acceptors (Lipinski definition) is 3. The van der Waals surface area contributed by atoms with E-state index in [1.165, 1.54) is 4.90 Å². The van der Waals surface area contributed by atoms with Crippen molar-refractivity contribution < 1.29 is 14.4 Å². The van der Waals surface area contributed by atoms with Crippen LogP contribution in [0, 0.1) is 23.7 Å². The number of nitrogens with one attached hydrogen (secondary N) is 1. The van der Waals surface area contributed by atoms with Crippen molar-refractivity contribution >= 4 is 33.7 Å². The Hall–Kier alpha value is -2.73. The maximum atomic E-state index is 12.9. The fourth-order valence-electron chi connectivity index (χ4n) is 5.13. The van der Waals surface area contributed by atoms with Gasteiger partial charge in [0.25, 0.3) is 0 Å². The molecule has 6 heteroatoms. The summed E-state index contributed by atoms with van der Waals surface area (Å²) in [6.45, 7) is -0.232. The molecule has 5 nitrogen and oxygen atoms in total. The first-order chi connectivity index (χ1) is 14.5. The molecule has 5 atom stereocenters. The Morgan fingerprint density at radius 3 is 2.10 bits per heavy atom. The summed E-state index contributed by atoms with van der Waals surface area (Å²) in [6, 6.07) is 17.0. The highest BCUT2D eigenvalue weighted by molar-refractivity contribution is 9.10. The number of carbonyl (C=O) groups is 3. The van der Waals surface area contributed by atoms with Gasteiger partial charge in [-0.15, -0.1) is 0 Å². The van der Waals surface area contributed by atoms with Gasteiger partial charge in [0, 0.05) is 4.47 Å². The van der Waals surface area contributed by atoms with E-state index < -0.39 is 0 Å². The van der Waals surface area contributed by atoms with E-state index in [0.29, 0.717) is 0 Å². The fourth-order valence-corrected chi connectivity index (χ4v) is 5.39. The van der Waals surface area contributed by atoms with E-state index in [-0.39, 0.29) is 54.0 Å². The van der Waals surface area contributed by atoms with Crippen molar-refractivity contribution in [1.82, 2.24) is 10.2 Å². The van der Waals surface area contributed by atoms with Gasteiger partial charge in [-0.25, -0.2) is 0 Å². The Balaban J connectivity index is 1.35. The molecule has 152 valence electrons. The molecule has 2 aromatic rings. The third kappa shape index (κ3) is 3.19. The molecule has 1 saturated carbocycles. The van der Waals surface area contributed by atoms with Crippen LogP contribution >= 0.6 is 15.9 Å². The maximum absolute atomic E-state index is 12.9. The summed E-state index contributed by atoms with van der Waals surface area (Å²) in [7, 11) is 0. The van der Waals surface area contributed by atoms with Crippen LogP contribution in [0.4, 0.5) is 0 Å². The van der Waals surface area contributed by atoms with Crippen molar-refractivity contribution in [3.05, 3.63) is 82.3 Å². The van der Waals surface area contributed by atoms with Crippen molar-refractivity contribution in [3.8, 4) is 0 Å². The molecule has 0 spiro atoms. The monoisotopic (exact) mass is 464 g/mol. The molecule has 2 aromatic carbocycles. The molecule has 2 aliphatic carbocycles. The van der Waals surface area contributed by atoms with Crippen molar-refractivity contribution in [2.24, 2.45) is 23.7 Å². The fraction of sp³-hybridized carbons (Fsp3) is 0.292. The number of halogens is 1. The number of amides is 3. The standard InChI is InChI=1S/C24H21BrN2O3/c25-18-10-8-15(9-11-18)22(14-4-2-1-3-5-14)26-19(28)13-27-23(29)20-16-6-7-17(12-16)21(20)24(27)30/h1-11,16-17,20-22H,12-13H2,(H,26,28). The minimum Gasteiger partial charge on any atom is -0.344 e. The SMILES string of the molecule is O=C(CN1C(=O)C2C3C=CC(C3)C2C1=O)NC(c1ccccc1)c1ccc(Br)cc1. The Morgan fingerprint density at radius 1 is 0.933 bits per heavy atom. The first-order valence-corrected chi connectivity index (χ1v) is 11.0. The molecule has 2 fully saturated rings. The lowest BCUT2D eigenvalue weighted by Gasteiger charge is -2.22. The number of imide groups is 1. The summed E-state index contributed by atoms with van der Waals surface area (Å²) >= 11 is 3.44. The van der Waals surface area contributed by atoms with Gasteiger partial charge < -0.3 is 5.32 Å². The van der Waals surface area contributed by atoms with E-state index in [1.807, 2.05) is 54.6 Å². The van der Waals surface area contributed by atoms with E-state index in [2.05, 4.69) is 33.4 Å². The molecule has 1 N–H and O–H groups in total. The van der Waals surface area contributed by atoms with Gasteiger partial charge in [-0.05, 0) is 41.5 Å². The minimum atomic E-state index is -0.364. The van der Waals surface area contributed by atoms with Gasteiger partial charge >= 0.3 is 0 Å². The summed E-state index contributed by atoms with van der Waals surface area (Å²) in [6.07, 6.45) is 4.99. The molecule has 2 bridgehead atoms. The van der Waals surface area contributed by atoms with Crippen molar-refractivity contribution in [3.63, 3.8) is 0 Å². The molecular formula is C24H21BrN2O3. The molecule has 30 heavy (non-hydrogen) atoms. The van der Waals surface area contributed by atoms with Gasteiger partial charge in [0.2, 0.25) is 17.7 Å². The second-order valence-corrected chi connectivity index (χ2v) is 9.14. The smallest absolute Gasteiger partial charge is 0.240 e. The molecule has 3 aliphatic rings. The topological polar surface area (TPSA) is 66.5 Å². The summed E-state index contributed by atoms with van der Waals surface area (Å²) < 4.78 is 0.951. The molecule has 1 aliphatic heterocycles. The molecule has 0 radical (unpaired) electrons. The van der Waals surface area contributed by atoms with Gasteiger partial charge in [-0.2, -0.15) is 0 Å². The average Bonchev–Trinajstić information content (AvgIpc) is 3.44. The van der Waals surface area contributed by atoms with Crippen LogP contribution in [0.2, 0.25) is 0 Å². The normalized spacial score (nSPS) is 27.4. The molecule has 3 amide bonds. The molecule has 5 rings (SSSR count). The summed E-state index contributed by atoms with van der Waals surface area (Å²) in [5, 5.41) is 3.02. The first-order valence-electron chi connectivity index (χ1n) is 10.2. The summed E-state index contributed by atoms with van der Waals surface area (Å²) in [5.74, 6) is -1.01. The van der Waals surface area contributed by atoms with E-state index in [0.717, 1.165) is 22.0 Å². The van der Waals surface area contributed by atoms with Crippen LogP contribution in [-0.2, 0) is 14.4 Å². The first kappa shape index (κ1) is 19.2. The Morgan fingerprint density at radius 2 is 1.50 bits per heavy atom.